The molecule has 0 radical (unpaired) electrons. The number of hydrogen-bond donors (Lipinski definition) is 1. The smallest absolute Gasteiger partial charge is 0.294 e. The minimum atomic E-state index is -0.394. The van der Waals surface area contributed by atoms with Gasteiger partial charge in [-0.2, -0.15) is 0 Å². The van der Waals surface area contributed by atoms with E-state index in [-0.39, 0.29) is 11.7 Å². The number of rotatable bonds is 3. The van der Waals surface area contributed by atoms with Gasteiger partial charge in [-0.25, -0.2) is 0 Å². The van der Waals surface area contributed by atoms with Crippen LogP contribution in [0.5, 0.6) is 0 Å². The van der Waals surface area contributed by atoms with Crippen LogP contribution in [-0.4, -0.2) is 23.5 Å². The predicted molar refractivity (Wildman–Crippen MR) is 85.0 cm³/mol. The average molecular weight is 323 g/mol. The highest BCUT2D eigenvalue weighted by Gasteiger charge is 2.27. The lowest BCUT2D eigenvalue weighted by molar-refractivity contribution is 0.0961. The fourth-order valence-electron chi connectivity index (χ4n) is 2.73. The molecular formula is C17H13N3O4. The molecule has 0 unspecified atom stereocenters. The van der Waals surface area contributed by atoms with Gasteiger partial charge >= 0.3 is 0 Å². The van der Waals surface area contributed by atoms with Crippen molar-refractivity contribution in [3.63, 3.8) is 0 Å². The van der Waals surface area contributed by atoms with E-state index in [0.717, 1.165) is 17.7 Å². The molecule has 24 heavy (non-hydrogen) atoms. The van der Waals surface area contributed by atoms with Crippen LogP contribution in [-0.2, 0) is 6.42 Å². The number of carbonyl (C=O) groups is 2. The minimum Gasteiger partial charge on any atom is -0.459 e. The SMILES string of the molecule is O=C(Nc1ccc2c(c1)N(C(=O)c1ccco1)CC2)c1ccno1. The summed E-state index contributed by atoms with van der Waals surface area (Å²) in [6, 6.07) is 10.3. The van der Waals surface area contributed by atoms with E-state index in [1.165, 1.54) is 18.5 Å². The van der Waals surface area contributed by atoms with Crippen molar-refractivity contribution >= 4 is 23.2 Å². The number of fused-ring (bicyclic) bond motifs is 1. The fourth-order valence-corrected chi connectivity index (χ4v) is 2.73. The van der Waals surface area contributed by atoms with Gasteiger partial charge in [0.25, 0.3) is 11.8 Å². The third-order valence-corrected chi connectivity index (χ3v) is 3.88. The van der Waals surface area contributed by atoms with Crippen LogP contribution in [0.2, 0.25) is 0 Å². The number of anilines is 2. The van der Waals surface area contributed by atoms with Crippen LogP contribution in [0.25, 0.3) is 0 Å². The van der Waals surface area contributed by atoms with Gasteiger partial charge in [0.2, 0.25) is 5.76 Å². The van der Waals surface area contributed by atoms with Crippen molar-refractivity contribution in [3.8, 4) is 0 Å². The van der Waals surface area contributed by atoms with E-state index in [0.29, 0.717) is 18.0 Å². The summed E-state index contributed by atoms with van der Waals surface area (Å²) >= 11 is 0. The molecule has 0 saturated carbocycles. The quantitative estimate of drug-likeness (QED) is 0.800. The predicted octanol–water partition coefficient (Wildman–Crippen LogP) is 2.72. The maximum absolute atomic E-state index is 12.5. The topological polar surface area (TPSA) is 88.6 Å². The second-order valence-corrected chi connectivity index (χ2v) is 5.36. The van der Waals surface area contributed by atoms with Crippen molar-refractivity contribution in [1.29, 1.82) is 0 Å². The summed E-state index contributed by atoms with van der Waals surface area (Å²) in [5, 5.41) is 6.24. The summed E-state index contributed by atoms with van der Waals surface area (Å²) in [5.74, 6) is -0.176. The van der Waals surface area contributed by atoms with Gasteiger partial charge in [-0.1, -0.05) is 11.2 Å². The standard InChI is InChI=1S/C17H13N3O4/c21-16(14-5-7-18-24-14)19-12-4-3-11-6-8-20(13(11)10-12)17(22)15-2-1-9-23-15/h1-5,7,9-10H,6,8H2,(H,19,21). The summed E-state index contributed by atoms with van der Waals surface area (Å²) in [6.07, 6.45) is 3.64. The third-order valence-electron chi connectivity index (χ3n) is 3.88. The van der Waals surface area contributed by atoms with Crippen LogP contribution in [0.1, 0.15) is 26.7 Å². The van der Waals surface area contributed by atoms with E-state index in [4.69, 9.17) is 8.94 Å². The van der Waals surface area contributed by atoms with Crippen LogP contribution in [0, 0.1) is 0 Å². The van der Waals surface area contributed by atoms with Crippen molar-refractivity contribution in [3.05, 3.63) is 65.9 Å². The minimum absolute atomic E-state index is 0.124. The number of carbonyl (C=O) groups excluding carboxylic acids is 2. The summed E-state index contributed by atoms with van der Waals surface area (Å²) < 4.78 is 10.0. The molecule has 0 fully saturated rings. The van der Waals surface area contributed by atoms with Crippen LogP contribution in [0.15, 0.2) is 57.8 Å². The zero-order chi connectivity index (χ0) is 16.5. The molecule has 2 amide bonds. The Morgan fingerprint density at radius 2 is 2.08 bits per heavy atom. The lowest BCUT2D eigenvalue weighted by atomic mass is 10.1. The Balaban J connectivity index is 1.59. The van der Waals surface area contributed by atoms with E-state index >= 15 is 0 Å². The average Bonchev–Trinajstić information content (AvgIpc) is 3.33. The Labute approximate surface area is 136 Å². The first-order chi connectivity index (χ1) is 11.7. The van der Waals surface area contributed by atoms with Crippen LogP contribution < -0.4 is 10.2 Å². The molecule has 4 rings (SSSR count). The zero-order valence-corrected chi connectivity index (χ0v) is 12.6. The van der Waals surface area contributed by atoms with Crippen molar-refractivity contribution in [2.75, 3.05) is 16.8 Å². The van der Waals surface area contributed by atoms with E-state index in [1.54, 1.807) is 29.2 Å². The Hall–Kier alpha value is -3.35. The van der Waals surface area contributed by atoms with Crippen molar-refractivity contribution in [2.24, 2.45) is 0 Å². The molecule has 1 aromatic carbocycles. The molecule has 0 bridgehead atoms. The maximum Gasteiger partial charge on any atom is 0.294 e. The first-order valence-electron chi connectivity index (χ1n) is 7.43. The van der Waals surface area contributed by atoms with Gasteiger partial charge in [-0.05, 0) is 36.2 Å². The monoisotopic (exact) mass is 323 g/mol. The molecule has 7 heteroatoms. The maximum atomic E-state index is 12.5. The Kier molecular flexibility index (Phi) is 3.38. The van der Waals surface area contributed by atoms with Gasteiger partial charge in [-0.15, -0.1) is 0 Å². The van der Waals surface area contributed by atoms with Gasteiger partial charge in [-0.3, -0.25) is 9.59 Å². The molecule has 1 aliphatic heterocycles. The summed E-state index contributed by atoms with van der Waals surface area (Å²) in [6.45, 7) is 0.578. The fraction of sp³-hybridized carbons (Fsp3) is 0.118. The van der Waals surface area contributed by atoms with E-state index < -0.39 is 5.91 Å². The molecule has 0 atom stereocenters. The van der Waals surface area contributed by atoms with Crippen LogP contribution in [0.4, 0.5) is 11.4 Å². The molecule has 1 N–H and O–H groups in total. The van der Waals surface area contributed by atoms with Crippen molar-refractivity contribution in [2.45, 2.75) is 6.42 Å². The number of benzene rings is 1. The van der Waals surface area contributed by atoms with Crippen LogP contribution >= 0.6 is 0 Å². The molecule has 0 saturated heterocycles. The molecule has 7 nitrogen and oxygen atoms in total. The molecule has 3 aromatic rings. The second-order valence-electron chi connectivity index (χ2n) is 5.36. The van der Waals surface area contributed by atoms with Gasteiger partial charge < -0.3 is 19.2 Å². The molecule has 2 aromatic heterocycles. The first-order valence-corrected chi connectivity index (χ1v) is 7.43. The lowest BCUT2D eigenvalue weighted by Gasteiger charge is -2.16. The molecule has 1 aliphatic rings. The molecule has 3 heterocycles. The zero-order valence-electron chi connectivity index (χ0n) is 12.6. The number of nitrogens with zero attached hydrogens (tertiary/aromatic N) is 2. The number of aromatic nitrogens is 1. The highest BCUT2D eigenvalue weighted by Crippen LogP contribution is 2.32. The van der Waals surface area contributed by atoms with Gasteiger partial charge in [0.1, 0.15) is 0 Å². The van der Waals surface area contributed by atoms with Gasteiger partial charge in [0, 0.05) is 24.0 Å². The van der Waals surface area contributed by atoms with E-state index in [1.807, 2.05) is 6.07 Å². The van der Waals surface area contributed by atoms with Crippen molar-refractivity contribution < 1.29 is 18.5 Å². The van der Waals surface area contributed by atoms with Crippen molar-refractivity contribution in [1.82, 2.24) is 5.16 Å². The van der Waals surface area contributed by atoms with Crippen LogP contribution in [0.3, 0.4) is 0 Å². The largest absolute Gasteiger partial charge is 0.459 e. The number of furan rings is 1. The Morgan fingerprint density at radius 1 is 1.17 bits per heavy atom. The van der Waals surface area contributed by atoms with Gasteiger partial charge in [0.05, 0.1) is 12.5 Å². The summed E-state index contributed by atoms with van der Waals surface area (Å²) in [5.41, 5.74) is 2.40. The summed E-state index contributed by atoms with van der Waals surface area (Å²) in [4.78, 5) is 26.2. The molecule has 120 valence electrons. The molecular weight excluding hydrogens is 310 g/mol. The number of amides is 2. The highest BCUT2D eigenvalue weighted by molar-refractivity contribution is 6.07. The Bertz CT molecular complexity index is 885. The molecule has 0 aliphatic carbocycles. The second kappa shape index (κ2) is 5.69. The normalized spacial score (nSPS) is 12.9. The first kappa shape index (κ1) is 14.3. The highest BCUT2D eigenvalue weighted by atomic mass is 16.5. The number of nitrogens with one attached hydrogen (secondary N) is 1. The third kappa shape index (κ3) is 2.45. The number of hydrogen-bond acceptors (Lipinski definition) is 5. The van der Waals surface area contributed by atoms with E-state index in [9.17, 15) is 9.59 Å². The van der Waals surface area contributed by atoms with E-state index in [2.05, 4.69) is 10.5 Å². The van der Waals surface area contributed by atoms with Gasteiger partial charge in [0.15, 0.2) is 5.76 Å². The molecule has 0 spiro atoms. The Morgan fingerprint density at radius 3 is 2.83 bits per heavy atom. The summed E-state index contributed by atoms with van der Waals surface area (Å²) in [7, 11) is 0. The lowest BCUT2D eigenvalue weighted by Crippen LogP contribution is -2.28.